The van der Waals surface area contributed by atoms with E-state index in [0.717, 1.165) is 42.4 Å². The summed E-state index contributed by atoms with van der Waals surface area (Å²) >= 11 is 7.61. The van der Waals surface area contributed by atoms with Gasteiger partial charge in [-0.25, -0.2) is 0 Å². The number of thiophene rings is 1. The summed E-state index contributed by atoms with van der Waals surface area (Å²) in [6, 6.07) is 11.6. The molecule has 160 valence electrons. The molecule has 1 aromatic carbocycles. The minimum atomic E-state index is -0.0690. The zero-order chi connectivity index (χ0) is 20.9. The lowest BCUT2D eigenvalue weighted by molar-refractivity contribution is -0.121. The molecular formula is C22H26ClN3O3S. The molecule has 1 unspecified atom stereocenters. The predicted octanol–water partition coefficient (Wildman–Crippen LogP) is 2.85. The fraction of sp³-hybridized carbons (Fsp3) is 0.455. The van der Waals surface area contributed by atoms with Crippen molar-refractivity contribution in [3.8, 4) is 0 Å². The zero-order valence-electron chi connectivity index (χ0n) is 16.7. The number of morpholine rings is 1. The summed E-state index contributed by atoms with van der Waals surface area (Å²) in [7, 11) is 0. The van der Waals surface area contributed by atoms with Crippen molar-refractivity contribution >= 4 is 34.8 Å². The van der Waals surface area contributed by atoms with E-state index in [1.165, 1.54) is 4.88 Å². The van der Waals surface area contributed by atoms with Gasteiger partial charge in [0.25, 0.3) is 5.91 Å². The van der Waals surface area contributed by atoms with Gasteiger partial charge < -0.3 is 15.4 Å². The molecular weight excluding hydrogens is 422 g/mol. The van der Waals surface area contributed by atoms with E-state index in [9.17, 15) is 9.59 Å². The van der Waals surface area contributed by atoms with Crippen molar-refractivity contribution in [1.82, 2.24) is 15.5 Å². The summed E-state index contributed by atoms with van der Waals surface area (Å²) in [5, 5.41) is 5.94. The molecule has 1 aliphatic carbocycles. The first-order chi connectivity index (χ1) is 14.5. The van der Waals surface area contributed by atoms with Crippen molar-refractivity contribution in [2.45, 2.75) is 38.0 Å². The molecule has 1 aromatic heterocycles. The van der Waals surface area contributed by atoms with Crippen molar-refractivity contribution in [3.05, 3.63) is 56.7 Å². The van der Waals surface area contributed by atoms with E-state index in [4.69, 9.17) is 16.3 Å². The van der Waals surface area contributed by atoms with Crippen LogP contribution in [0.5, 0.6) is 0 Å². The average Bonchev–Trinajstić information content (AvgIpc) is 3.46. The zero-order valence-corrected chi connectivity index (χ0v) is 18.3. The second-order valence-electron chi connectivity index (χ2n) is 7.86. The molecule has 0 bridgehead atoms. The first-order valence-electron chi connectivity index (χ1n) is 10.3. The number of hydrogen-bond acceptors (Lipinski definition) is 5. The van der Waals surface area contributed by atoms with Crippen LogP contribution in [-0.2, 0) is 22.5 Å². The largest absolute Gasteiger partial charge is 0.374 e. The Bertz CT molecular complexity index is 899. The molecule has 0 spiro atoms. The normalized spacial score (nSPS) is 19.4. The Morgan fingerprint density at radius 1 is 1.23 bits per heavy atom. The van der Waals surface area contributed by atoms with Crippen LogP contribution >= 0.6 is 22.9 Å². The Morgan fingerprint density at radius 3 is 2.87 bits per heavy atom. The van der Waals surface area contributed by atoms with E-state index in [-0.39, 0.29) is 24.3 Å². The van der Waals surface area contributed by atoms with Crippen LogP contribution in [0.4, 0.5) is 0 Å². The van der Waals surface area contributed by atoms with Gasteiger partial charge >= 0.3 is 0 Å². The lowest BCUT2D eigenvalue weighted by atomic mass is 10.1. The highest BCUT2D eigenvalue weighted by atomic mass is 35.5. The molecule has 1 saturated carbocycles. The second-order valence-corrected chi connectivity index (χ2v) is 9.66. The quantitative estimate of drug-likeness (QED) is 0.652. The van der Waals surface area contributed by atoms with Gasteiger partial charge in [-0.3, -0.25) is 14.5 Å². The van der Waals surface area contributed by atoms with E-state index >= 15 is 0 Å². The van der Waals surface area contributed by atoms with Crippen molar-refractivity contribution in [2.75, 3.05) is 26.2 Å². The fourth-order valence-corrected chi connectivity index (χ4v) is 4.63. The van der Waals surface area contributed by atoms with Gasteiger partial charge in [-0.05, 0) is 42.7 Å². The van der Waals surface area contributed by atoms with Gasteiger partial charge in [-0.1, -0.05) is 23.7 Å². The first kappa shape index (κ1) is 21.3. The molecule has 0 radical (unpaired) electrons. The Kier molecular flexibility index (Phi) is 7.04. The summed E-state index contributed by atoms with van der Waals surface area (Å²) in [5.74, 6) is -0.136. The highest BCUT2D eigenvalue weighted by Crippen LogP contribution is 2.23. The highest BCUT2D eigenvalue weighted by Gasteiger charge is 2.24. The van der Waals surface area contributed by atoms with Crippen molar-refractivity contribution in [2.24, 2.45) is 0 Å². The third kappa shape index (κ3) is 6.28. The highest BCUT2D eigenvalue weighted by molar-refractivity contribution is 7.16. The third-order valence-corrected chi connectivity index (χ3v) is 6.44. The smallest absolute Gasteiger partial charge is 0.251 e. The fourth-order valence-electron chi connectivity index (χ4n) is 3.50. The summed E-state index contributed by atoms with van der Waals surface area (Å²) in [6.45, 7) is 3.61. The van der Waals surface area contributed by atoms with Gasteiger partial charge in [0.2, 0.25) is 5.91 Å². The molecule has 2 heterocycles. The van der Waals surface area contributed by atoms with E-state index in [1.54, 1.807) is 23.5 Å². The number of hydrogen-bond donors (Lipinski definition) is 2. The Hall–Kier alpha value is -1.93. The monoisotopic (exact) mass is 447 g/mol. The predicted molar refractivity (Wildman–Crippen MR) is 118 cm³/mol. The van der Waals surface area contributed by atoms with Crippen molar-refractivity contribution in [1.29, 1.82) is 0 Å². The van der Waals surface area contributed by atoms with Crippen molar-refractivity contribution in [3.63, 3.8) is 0 Å². The first-order valence-corrected chi connectivity index (χ1v) is 11.5. The van der Waals surface area contributed by atoms with Gasteiger partial charge in [0, 0.05) is 42.7 Å². The van der Waals surface area contributed by atoms with Gasteiger partial charge in [-0.2, -0.15) is 0 Å². The molecule has 30 heavy (non-hydrogen) atoms. The molecule has 2 N–H and O–H groups in total. The van der Waals surface area contributed by atoms with Crippen LogP contribution in [0, 0.1) is 0 Å². The van der Waals surface area contributed by atoms with E-state index in [2.05, 4.69) is 21.6 Å². The number of carbonyl (C=O) groups excluding carboxylic acids is 2. The number of halogens is 1. The number of ether oxygens (including phenoxy) is 1. The van der Waals surface area contributed by atoms with Crippen LogP contribution in [0.15, 0.2) is 36.4 Å². The molecule has 1 aliphatic heterocycles. The minimum Gasteiger partial charge on any atom is -0.374 e. The number of amides is 2. The van der Waals surface area contributed by atoms with Crippen LogP contribution in [0.1, 0.15) is 33.6 Å². The Labute approximate surface area is 185 Å². The van der Waals surface area contributed by atoms with Gasteiger partial charge in [0.05, 0.1) is 23.5 Å². The Morgan fingerprint density at radius 2 is 2.10 bits per heavy atom. The molecule has 8 heteroatoms. The molecule has 1 atom stereocenters. The summed E-state index contributed by atoms with van der Waals surface area (Å²) in [5.41, 5.74) is 1.43. The van der Waals surface area contributed by atoms with Gasteiger partial charge in [0.15, 0.2) is 0 Å². The molecule has 2 aliphatic rings. The molecule has 2 aromatic rings. The standard InChI is InChI=1S/C22H26ClN3O3S/c23-20-7-6-19(30-20)14-26-8-9-29-18(13-26)12-24-21(27)11-15-2-1-3-16(10-15)22(28)25-17-4-5-17/h1-3,6-7,10,17-18H,4-5,8-9,11-14H2,(H,24,27)(H,25,28). The second kappa shape index (κ2) is 9.92. The topological polar surface area (TPSA) is 70.7 Å². The van der Waals surface area contributed by atoms with E-state index in [1.807, 2.05) is 18.2 Å². The number of rotatable bonds is 8. The maximum atomic E-state index is 12.4. The van der Waals surface area contributed by atoms with Crippen LogP contribution in [-0.4, -0.2) is 55.1 Å². The molecule has 2 fully saturated rings. The van der Waals surface area contributed by atoms with Gasteiger partial charge in [-0.15, -0.1) is 11.3 Å². The van der Waals surface area contributed by atoms with Gasteiger partial charge in [0.1, 0.15) is 0 Å². The summed E-state index contributed by atoms with van der Waals surface area (Å²) in [6.07, 6.45) is 2.31. The van der Waals surface area contributed by atoms with E-state index in [0.29, 0.717) is 24.8 Å². The number of nitrogens with zero attached hydrogens (tertiary/aromatic N) is 1. The Balaban J connectivity index is 1.22. The number of nitrogens with one attached hydrogen (secondary N) is 2. The molecule has 2 amide bonds. The SMILES string of the molecule is O=C(Cc1cccc(C(=O)NC2CC2)c1)NCC1CN(Cc2ccc(Cl)s2)CCO1. The average molecular weight is 448 g/mol. The number of carbonyl (C=O) groups is 2. The maximum Gasteiger partial charge on any atom is 0.251 e. The summed E-state index contributed by atoms with van der Waals surface area (Å²) < 4.78 is 6.62. The molecule has 6 nitrogen and oxygen atoms in total. The molecule has 1 saturated heterocycles. The van der Waals surface area contributed by atoms with Crippen LogP contribution in [0.25, 0.3) is 0 Å². The number of benzene rings is 1. The lowest BCUT2D eigenvalue weighted by Crippen LogP contribution is -2.47. The van der Waals surface area contributed by atoms with Crippen LogP contribution < -0.4 is 10.6 Å². The van der Waals surface area contributed by atoms with Crippen LogP contribution in [0.2, 0.25) is 4.34 Å². The van der Waals surface area contributed by atoms with Crippen LogP contribution in [0.3, 0.4) is 0 Å². The minimum absolute atomic E-state index is 0.0335. The third-order valence-electron chi connectivity index (χ3n) is 5.22. The van der Waals surface area contributed by atoms with E-state index < -0.39 is 0 Å². The van der Waals surface area contributed by atoms with Crippen molar-refractivity contribution < 1.29 is 14.3 Å². The maximum absolute atomic E-state index is 12.4. The lowest BCUT2D eigenvalue weighted by Gasteiger charge is -2.32. The molecule has 4 rings (SSSR count). The summed E-state index contributed by atoms with van der Waals surface area (Å²) in [4.78, 5) is 28.2.